The van der Waals surface area contributed by atoms with Crippen LogP contribution in [0.25, 0.3) is 0 Å². The number of alkyl halides is 2. The van der Waals surface area contributed by atoms with Gasteiger partial charge >= 0.3 is 5.76 Å². The highest BCUT2D eigenvalue weighted by atomic mass is 32.2. The first-order valence-electron chi connectivity index (χ1n) is 34.9. The molecule has 0 aliphatic rings. The summed E-state index contributed by atoms with van der Waals surface area (Å²) < 4.78 is 153. The fourth-order valence-electron chi connectivity index (χ4n) is 10.7. The quantitative estimate of drug-likeness (QED) is 0.0202. The van der Waals surface area contributed by atoms with Crippen LogP contribution in [0.5, 0.6) is 17.2 Å². The lowest BCUT2D eigenvalue weighted by molar-refractivity contribution is 0.234. The van der Waals surface area contributed by atoms with E-state index in [0.29, 0.717) is 22.1 Å². The zero-order chi connectivity index (χ0) is 73.7. The number of anilines is 4. The van der Waals surface area contributed by atoms with Crippen LogP contribution in [0.3, 0.4) is 0 Å². The maximum atomic E-state index is 13.0. The molecule has 0 aromatic heterocycles. The van der Waals surface area contributed by atoms with Crippen LogP contribution < -0.4 is 33.8 Å². The Balaban J connectivity index is 0.000000284. The minimum Gasteiger partial charge on any atom is -0.497 e. The summed E-state index contributed by atoms with van der Waals surface area (Å²) in [6, 6.07) is 53.9. The van der Waals surface area contributed by atoms with Crippen molar-refractivity contribution in [2.24, 2.45) is 0 Å². The Kier molecular flexibility index (Phi) is 38.6. The molecule has 0 amide bonds. The summed E-state index contributed by atoms with van der Waals surface area (Å²) in [5.74, 6) is -2.28. The molecule has 7 aromatic carbocycles. The van der Waals surface area contributed by atoms with E-state index in [9.17, 15) is 46.8 Å². The van der Waals surface area contributed by atoms with Crippen molar-refractivity contribution in [2.45, 2.75) is 167 Å². The molecule has 7 aromatic rings. The Hall–Kier alpha value is -6.40. The number of halogens is 3. The van der Waals surface area contributed by atoms with Gasteiger partial charge in [0.05, 0.1) is 55.6 Å². The zero-order valence-corrected chi connectivity index (χ0v) is 69.6. The van der Waals surface area contributed by atoms with E-state index < -0.39 is 50.9 Å². The molecule has 0 aliphatic heterocycles. The zero-order valence-electron chi connectivity index (χ0n) is 60.7. The number of hydrogen-bond donors (Lipinski definition) is 0. The van der Waals surface area contributed by atoms with Crippen molar-refractivity contribution in [3.63, 3.8) is 0 Å². The predicted octanol–water partition coefficient (Wildman–Crippen LogP) is 14.4. The second-order valence-electron chi connectivity index (χ2n) is 24.8. The van der Waals surface area contributed by atoms with Gasteiger partial charge < -0.3 is 33.8 Å². The van der Waals surface area contributed by atoms with E-state index in [4.69, 9.17) is 14.2 Å². The molecule has 0 saturated heterocycles. The third kappa shape index (κ3) is 28.1. The minimum atomic E-state index is -4.49. The smallest absolute Gasteiger partial charge is 0.341 e. The monoisotopic (exact) mass is 1530 g/mol. The molecule has 0 aliphatic carbocycles. The lowest BCUT2D eigenvalue weighted by Gasteiger charge is -2.19. The van der Waals surface area contributed by atoms with Crippen molar-refractivity contribution in [1.29, 1.82) is 0 Å². The summed E-state index contributed by atoms with van der Waals surface area (Å²) >= 11 is 0. The third-order valence-corrected chi connectivity index (χ3v) is 32.7. The SMILES string of the molecule is CCC[SiH2]CCCN(C)c1ccc(S(=O)(=O)C(F)F)cc1.CCC[SiH2]CCCN(C)c1ccc(S(=O)(=O)c2cc(OC)cc(OC)c2)cc1.CCC[SiH2]CCCN(C)c1ccc(S(=O)(=O)c2ccc(F)cc2)cc1.CCC[SiH2]CCCN(C)c1ccc(S(=O)(=O)c2ccc(OC)cc2)cc1. The van der Waals surface area contributed by atoms with Crippen LogP contribution in [0.1, 0.15) is 79.1 Å². The molecule has 552 valence electrons. The van der Waals surface area contributed by atoms with Crippen LogP contribution in [0.2, 0.25) is 48.4 Å². The highest BCUT2D eigenvalue weighted by molar-refractivity contribution is 7.92. The highest BCUT2D eigenvalue weighted by Crippen LogP contribution is 2.32. The van der Waals surface area contributed by atoms with Crippen LogP contribution in [0.4, 0.5) is 35.9 Å². The number of hydrogen-bond acceptors (Lipinski definition) is 15. The van der Waals surface area contributed by atoms with E-state index in [0.717, 1.165) is 67.5 Å². The lowest BCUT2D eigenvalue weighted by Crippen LogP contribution is -2.19. The Bertz CT molecular complexity index is 3910. The molecule has 15 nitrogen and oxygen atoms in total. The van der Waals surface area contributed by atoms with Gasteiger partial charge in [0.1, 0.15) is 23.1 Å². The molecule has 0 heterocycles. The van der Waals surface area contributed by atoms with E-state index in [1.54, 1.807) is 86.0 Å². The first-order valence-corrected chi connectivity index (χ1v) is 48.9. The Morgan fingerprint density at radius 1 is 0.330 bits per heavy atom. The van der Waals surface area contributed by atoms with Crippen molar-refractivity contribution in [3.05, 3.63) is 170 Å². The van der Waals surface area contributed by atoms with Crippen molar-refractivity contribution in [2.75, 3.05) is 95.3 Å². The van der Waals surface area contributed by atoms with Gasteiger partial charge in [-0.2, -0.15) is 8.78 Å². The first-order chi connectivity index (χ1) is 47.7. The number of ether oxygens (including phenoxy) is 3. The summed E-state index contributed by atoms with van der Waals surface area (Å²) in [6.45, 7) is 12.8. The van der Waals surface area contributed by atoms with Crippen LogP contribution in [-0.4, -0.2) is 153 Å². The van der Waals surface area contributed by atoms with Gasteiger partial charge in [-0.25, -0.2) is 38.1 Å². The average Bonchev–Trinajstić information content (AvgIpc) is 0.807. The maximum absolute atomic E-state index is 13.0. The molecule has 0 bridgehead atoms. The predicted molar refractivity (Wildman–Crippen MR) is 420 cm³/mol. The standard InChI is InChI=1S/C21H31NO4SSi.C20H29NO3SSi.C19H26FNO2SSi.C14H23F2NO2SSi/c1-5-12-28-13-6-11-22(2)17-7-9-20(10-8-17)27(23,24)21-15-18(25-3)14-19(16-21)26-4;1-4-15-26-16-5-14-21(2)17-6-10-19(11-7-17)25(22,23)20-12-8-18(24-3)9-13-20;1-3-14-25-15-4-13-21(2)17-7-11-19(12-8-17)24(22,23)18-9-5-16(20)6-10-18;1-3-10-21-11-4-9-17(2)12-5-7-13(8-6-12)20(18,19)14(15)16/h7-10,14-16H,5-6,11-13,28H2,1-4H3;6-13H,4-5,14-16,26H2,1-3H3;5-12H,3-4,13-15,25H2,1-2H3;5-8,14H,3-4,9-11,21H2,1-2H3. The molecule has 0 radical (unpaired) electrons. The van der Waals surface area contributed by atoms with Gasteiger partial charge in [0.25, 0.3) is 0 Å². The lowest BCUT2D eigenvalue weighted by atomic mass is 10.3. The summed E-state index contributed by atoms with van der Waals surface area (Å²) in [5, 5.41) is 0. The molecule has 0 saturated carbocycles. The van der Waals surface area contributed by atoms with Crippen LogP contribution in [-0.2, 0) is 39.3 Å². The second-order valence-corrected chi connectivity index (χ2v) is 41.1. The minimum absolute atomic E-state index is 0.0649. The fourth-order valence-corrected chi connectivity index (χ4v) is 20.9. The number of methoxy groups -OCH3 is 3. The van der Waals surface area contributed by atoms with Crippen molar-refractivity contribution in [3.8, 4) is 17.2 Å². The molecule has 100 heavy (non-hydrogen) atoms. The molecule has 7 rings (SSSR count). The van der Waals surface area contributed by atoms with Crippen molar-refractivity contribution < 1.29 is 61.1 Å². The van der Waals surface area contributed by atoms with Gasteiger partial charge in [0.15, 0.2) is 0 Å². The topological polar surface area (TPSA) is 177 Å². The van der Waals surface area contributed by atoms with Crippen molar-refractivity contribution >= 4 is 100 Å². The second kappa shape index (κ2) is 44.9. The normalized spacial score (nSPS) is 11.9. The number of benzene rings is 7. The van der Waals surface area contributed by atoms with Gasteiger partial charge in [-0.1, -0.05) is 102 Å². The van der Waals surface area contributed by atoms with E-state index >= 15 is 0 Å². The first kappa shape index (κ1) is 86.0. The summed E-state index contributed by atoms with van der Waals surface area (Å²) in [4.78, 5) is 9.59. The molecule has 0 atom stereocenters. The van der Waals surface area contributed by atoms with E-state index in [1.807, 2.05) is 55.4 Å². The molecular formula is C74H109F3N4O11S4Si4. The molecule has 0 fully saturated rings. The van der Waals surface area contributed by atoms with Gasteiger partial charge in [0, 0.05) is 121 Å². The summed E-state index contributed by atoms with van der Waals surface area (Å²) in [5.41, 5.74) is 3.94. The number of sulfone groups is 4. The maximum Gasteiger partial charge on any atom is 0.341 e. The molecule has 0 N–H and O–H groups in total. The Morgan fingerprint density at radius 2 is 0.570 bits per heavy atom. The third-order valence-electron chi connectivity index (χ3n) is 17.1. The molecule has 26 heteroatoms. The highest BCUT2D eigenvalue weighted by Gasteiger charge is 2.27. The fraction of sp³-hybridized carbons (Fsp3) is 0.432. The van der Waals surface area contributed by atoms with Gasteiger partial charge in [-0.15, -0.1) is 0 Å². The van der Waals surface area contributed by atoms with Crippen LogP contribution in [0, 0.1) is 5.82 Å². The Morgan fingerprint density at radius 3 is 0.820 bits per heavy atom. The summed E-state index contributed by atoms with van der Waals surface area (Å²) in [7, 11) is -2.23. The van der Waals surface area contributed by atoms with Gasteiger partial charge in [0.2, 0.25) is 39.3 Å². The van der Waals surface area contributed by atoms with Gasteiger partial charge in [-0.3, -0.25) is 0 Å². The molecule has 0 spiro atoms. The number of rotatable bonds is 39. The number of nitrogens with zero attached hydrogens (tertiary/aromatic N) is 4. The van der Waals surface area contributed by atoms with E-state index in [2.05, 4.69) is 56.5 Å². The van der Waals surface area contributed by atoms with Crippen molar-refractivity contribution in [1.82, 2.24) is 0 Å². The van der Waals surface area contributed by atoms with E-state index in [-0.39, 0.29) is 67.5 Å². The largest absolute Gasteiger partial charge is 0.497 e. The van der Waals surface area contributed by atoms with Crippen LogP contribution >= 0.6 is 0 Å². The summed E-state index contributed by atoms with van der Waals surface area (Å²) in [6.07, 6.45) is 9.91. The molecule has 0 unspecified atom stereocenters. The molecular weight excluding hydrogens is 1420 g/mol. The Labute approximate surface area is 606 Å². The van der Waals surface area contributed by atoms with Gasteiger partial charge in [-0.05, 0) is 183 Å². The van der Waals surface area contributed by atoms with E-state index in [1.165, 1.54) is 144 Å². The van der Waals surface area contributed by atoms with Crippen LogP contribution in [0.15, 0.2) is 198 Å². The average molecular weight is 1530 g/mol.